The quantitative estimate of drug-likeness (QED) is 0.529. The largest absolute Gasteiger partial charge is 0.444 e. The number of nitrogens with zero attached hydrogens (tertiary/aromatic N) is 1. The molecule has 26 heavy (non-hydrogen) atoms. The lowest BCUT2D eigenvalue weighted by Gasteiger charge is -2.21. The fourth-order valence-corrected chi connectivity index (χ4v) is 3.12. The summed E-state index contributed by atoms with van der Waals surface area (Å²) in [5.74, 6) is 0. The summed E-state index contributed by atoms with van der Waals surface area (Å²) < 4.78 is 6.20. The van der Waals surface area contributed by atoms with E-state index >= 15 is 0 Å². The van der Waals surface area contributed by atoms with Crippen molar-refractivity contribution in [2.24, 2.45) is 0 Å². The van der Waals surface area contributed by atoms with E-state index < -0.39 is 11.7 Å². The van der Waals surface area contributed by atoms with Crippen LogP contribution in [0.2, 0.25) is 5.02 Å². The molecule has 0 bridgehead atoms. The molecule has 0 saturated heterocycles. The minimum Gasteiger partial charge on any atom is -0.444 e. The molecule has 0 atom stereocenters. The van der Waals surface area contributed by atoms with Crippen molar-refractivity contribution < 1.29 is 9.53 Å². The van der Waals surface area contributed by atoms with Crippen LogP contribution in [0.4, 0.5) is 10.5 Å². The first-order chi connectivity index (χ1) is 12.2. The van der Waals surface area contributed by atoms with Gasteiger partial charge >= 0.3 is 6.09 Å². The molecule has 0 saturated carbocycles. The number of carbonyl (C=O) groups excluding carboxylic acids is 1. The van der Waals surface area contributed by atoms with Crippen molar-refractivity contribution in [3.8, 4) is 0 Å². The van der Waals surface area contributed by atoms with E-state index in [2.05, 4.69) is 26.2 Å². The van der Waals surface area contributed by atoms with Gasteiger partial charge in [0, 0.05) is 16.4 Å². The van der Waals surface area contributed by atoms with Crippen LogP contribution in [0.15, 0.2) is 41.0 Å². The molecule has 140 valence electrons. The molecule has 0 fully saturated rings. The Bertz CT molecular complexity index is 742. The third kappa shape index (κ3) is 6.96. The Balaban J connectivity index is 1.93. The number of para-hydroxylation sites is 1. The molecule has 1 aromatic carbocycles. The molecule has 0 aliphatic carbocycles. The number of hydrogen-bond donors (Lipinski definition) is 1. The summed E-state index contributed by atoms with van der Waals surface area (Å²) >= 11 is 9.37. The van der Waals surface area contributed by atoms with Crippen molar-refractivity contribution in [3.63, 3.8) is 0 Å². The molecule has 2 aromatic rings. The fraction of sp³-hybridized carbons (Fsp3) is 0.400. The van der Waals surface area contributed by atoms with Crippen molar-refractivity contribution in [1.82, 2.24) is 4.98 Å². The number of carbonyl (C=O) groups is 1. The van der Waals surface area contributed by atoms with Gasteiger partial charge in [-0.3, -0.25) is 10.3 Å². The normalized spacial score (nSPS) is 11.3. The second kappa shape index (κ2) is 9.38. The highest BCUT2D eigenvalue weighted by atomic mass is 79.9. The van der Waals surface area contributed by atoms with Crippen LogP contribution in [0.5, 0.6) is 0 Å². The number of unbranched alkanes of at least 4 members (excludes halogenated alkanes) is 1. The first-order valence-electron chi connectivity index (χ1n) is 8.62. The van der Waals surface area contributed by atoms with Gasteiger partial charge in [-0.15, -0.1) is 0 Å². The van der Waals surface area contributed by atoms with Crippen molar-refractivity contribution in [2.75, 3.05) is 5.32 Å². The Hall–Kier alpha value is -1.59. The highest BCUT2D eigenvalue weighted by molar-refractivity contribution is 9.10. The van der Waals surface area contributed by atoms with Gasteiger partial charge in [0.1, 0.15) is 5.60 Å². The number of ether oxygens (including phenoxy) is 1. The summed E-state index contributed by atoms with van der Waals surface area (Å²) in [6.07, 6.45) is 4.99. The molecule has 0 aliphatic rings. The van der Waals surface area contributed by atoms with Gasteiger partial charge < -0.3 is 4.74 Å². The van der Waals surface area contributed by atoms with Gasteiger partial charge in [0.05, 0.1) is 10.7 Å². The fourth-order valence-electron chi connectivity index (χ4n) is 2.50. The Morgan fingerprint density at radius 3 is 2.58 bits per heavy atom. The van der Waals surface area contributed by atoms with Crippen LogP contribution < -0.4 is 5.32 Å². The summed E-state index contributed by atoms with van der Waals surface area (Å²) in [6, 6.07) is 9.73. The second-order valence-corrected chi connectivity index (χ2v) is 8.37. The first-order valence-corrected chi connectivity index (χ1v) is 9.79. The van der Waals surface area contributed by atoms with E-state index in [1.807, 2.05) is 51.1 Å². The van der Waals surface area contributed by atoms with Crippen LogP contribution in [0.3, 0.4) is 0 Å². The molecular formula is C20H24BrClN2O2. The highest BCUT2D eigenvalue weighted by Crippen LogP contribution is 2.28. The topological polar surface area (TPSA) is 51.2 Å². The molecule has 1 amide bonds. The van der Waals surface area contributed by atoms with E-state index in [0.717, 1.165) is 47.1 Å². The molecular weight excluding hydrogens is 416 g/mol. The average Bonchev–Trinajstić information content (AvgIpc) is 2.54. The van der Waals surface area contributed by atoms with E-state index in [4.69, 9.17) is 16.3 Å². The van der Waals surface area contributed by atoms with Crippen LogP contribution >= 0.6 is 27.5 Å². The van der Waals surface area contributed by atoms with Crippen LogP contribution in [-0.2, 0) is 17.6 Å². The molecule has 1 heterocycles. The third-order valence-electron chi connectivity index (χ3n) is 3.64. The molecule has 0 aliphatic heterocycles. The summed E-state index contributed by atoms with van der Waals surface area (Å²) in [5, 5.41) is 3.52. The predicted octanol–water partition coefficient (Wildman–Crippen LogP) is 6.41. The van der Waals surface area contributed by atoms with Gasteiger partial charge in [-0.2, -0.15) is 0 Å². The molecule has 1 aromatic heterocycles. The number of anilines is 1. The monoisotopic (exact) mass is 438 g/mol. The lowest BCUT2D eigenvalue weighted by molar-refractivity contribution is 0.0635. The molecule has 0 radical (unpaired) electrons. The third-order valence-corrected chi connectivity index (χ3v) is 4.53. The van der Waals surface area contributed by atoms with E-state index in [9.17, 15) is 4.79 Å². The number of amides is 1. The van der Waals surface area contributed by atoms with Crippen molar-refractivity contribution in [1.29, 1.82) is 0 Å². The number of nitrogens with one attached hydrogen (secondary N) is 1. The summed E-state index contributed by atoms with van der Waals surface area (Å²) in [6.45, 7) is 5.54. The maximum absolute atomic E-state index is 12.1. The van der Waals surface area contributed by atoms with Crippen LogP contribution in [0.1, 0.15) is 44.9 Å². The van der Waals surface area contributed by atoms with E-state index in [0.29, 0.717) is 5.02 Å². The Morgan fingerprint density at radius 2 is 1.92 bits per heavy atom. The zero-order valence-electron chi connectivity index (χ0n) is 15.3. The Labute approximate surface area is 168 Å². The highest BCUT2D eigenvalue weighted by Gasteiger charge is 2.18. The summed E-state index contributed by atoms with van der Waals surface area (Å²) in [4.78, 5) is 16.4. The number of aryl methyl sites for hydroxylation is 2. The second-order valence-electron chi connectivity index (χ2n) is 7.08. The smallest absolute Gasteiger partial charge is 0.412 e. The average molecular weight is 440 g/mol. The number of halogens is 2. The molecule has 6 heteroatoms. The number of hydrogen-bond acceptors (Lipinski definition) is 3. The van der Waals surface area contributed by atoms with Crippen molar-refractivity contribution in [3.05, 3.63) is 57.3 Å². The van der Waals surface area contributed by atoms with Gasteiger partial charge in [0.15, 0.2) is 0 Å². The lowest BCUT2D eigenvalue weighted by atomic mass is 10.0. The first kappa shape index (κ1) is 20.7. The summed E-state index contributed by atoms with van der Waals surface area (Å²) in [5.41, 5.74) is 2.35. The summed E-state index contributed by atoms with van der Waals surface area (Å²) in [7, 11) is 0. The van der Waals surface area contributed by atoms with Gasteiger partial charge in [0.2, 0.25) is 0 Å². The molecule has 1 N–H and O–H groups in total. The molecule has 2 rings (SSSR count). The SMILES string of the molecule is CC(C)(C)OC(=O)Nc1c(Br)cccc1CCCCc1ccc(Cl)cn1. The minimum absolute atomic E-state index is 0.448. The van der Waals surface area contributed by atoms with Crippen LogP contribution in [0.25, 0.3) is 0 Å². The van der Waals surface area contributed by atoms with Gasteiger partial charge in [-0.1, -0.05) is 23.7 Å². The van der Waals surface area contributed by atoms with Crippen LogP contribution in [-0.4, -0.2) is 16.7 Å². The van der Waals surface area contributed by atoms with Crippen molar-refractivity contribution in [2.45, 2.75) is 52.1 Å². The zero-order valence-corrected chi connectivity index (χ0v) is 17.7. The maximum Gasteiger partial charge on any atom is 0.412 e. The molecule has 0 spiro atoms. The van der Waals surface area contributed by atoms with Gasteiger partial charge in [0.25, 0.3) is 0 Å². The van der Waals surface area contributed by atoms with Crippen LogP contribution in [0, 0.1) is 0 Å². The molecule has 4 nitrogen and oxygen atoms in total. The van der Waals surface area contributed by atoms with Crippen molar-refractivity contribution >= 4 is 39.3 Å². The number of benzene rings is 1. The van der Waals surface area contributed by atoms with E-state index in [1.54, 1.807) is 6.20 Å². The number of pyridine rings is 1. The number of rotatable bonds is 6. The zero-order chi connectivity index (χ0) is 19.2. The maximum atomic E-state index is 12.1. The van der Waals surface area contributed by atoms with E-state index in [-0.39, 0.29) is 0 Å². The Kier molecular flexibility index (Phi) is 7.47. The standard InChI is InChI=1S/C20H24BrClN2O2/c1-20(2,3)26-19(25)24-18-14(8-6-10-17(18)21)7-4-5-9-16-12-11-15(22)13-23-16/h6,8,10-13H,4-5,7,9H2,1-3H3,(H,24,25). The molecule has 0 unspecified atom stereocenters. The van der Waals surface area contributed by atoms with Gasteiger partial charge in [-0.05, 0) is 86.1 Å². The predicted molar refractivity (Wildman–Crippen MR) is 110 cm³/mol. The lowest BCUT2D eigenvalue weighted by Crippen LogP contribution is -2.27. The minimum atomic E-state index is -0.531. The number of aromatic nitrogens is 1. The Morgan fingerprint density at radius 1 is 1.19 bits per heavy atom. The van der Waals surface area contributed by atoms with E-state index in [1.165, 1.54) is 0 Å². The van der Waals surface area contributed by atoms with Gasteiger partial charge in [-0.25, -0.2) is 4.79 Å².